The summed E-state index contributed by atoms with van der Waals surface area (Å²) in [6.07, 6.45) is 5.82. The number of piperidine rings is 1. The molecule has 1 aliphatic heterocycles. The third-order valence-electron chi connectivity index (χ3n) is 4.42. The van der Waals surface area contributed by atoms with Gasteiger partial charge in [-0.25, -0.2) is 9.98 Å². The molecule has 128 valence electrons. The van der Waals surface area contributed by atoms with Crippen LogP contribution in [0.3, 0.4) is 0 Å². The summed E-state index contributed by atoms with van der Waals surface area (Å²) in [5.74, 6) is 2.42. The Hall–Kier alpha value is -1.78. The topological polar surface area (TPSA) is 59.4 Å². The Morgan fingerprint density at radius 1 is 1.22 bits per heavy atom. The molecule has 1 aromatic rings. The first-order valence-electron chi connectivity index (χ1n) is 8.58. The lowest BCUT2D eigenvalue weighted by atomic mass is 9.91. The minimum absolute atomic E-state index is 0.0338. The Bertz CT molecular complexity index is 610. The highest BCUT2D eigenvalue weighted by molar-refractivity contribution is 5.84. The molecule has 2 N–H and O–H groups in total. The van der Waals surface area contributed by atoms with Crippen molar-refractivity contribution < 1.29 is 0 Å². The first-order chi connectivity index (χ1) is 10.8. The molecular weight excluding hydrogens is 286 g/mol. The molecule has 0 radical (unpaired) electrons. The van der Waals surface area contributed by atoms with Crippen LogP contribution in [-0.2, 0) is 5.41 Å². The minimum Gasteiger partial charge on any atom is -0.369 e. The van der Waals surface area contributed by atoms with Crippen LogP contribution in [0.15, 0.2) is 11.1 Å². The van der Waals surface area contributed by atoms with Crippen molar-refractivity contribution in [2.45, 2.75) is 66.2 Å². The second kappa shape index (κ2) is 6.77. The smallest absolute Gasteiger partial charge is 0.206 e. The number of rotatable bonds is 2. The molecule has 0 aromatic carbocycles. The summed E-state index contributed by atoms with van der Waals surface area (Å²) in [5, 5.41) is 0. The molecule has 1 saturated heterocycles. The van der Waals surface area contributed by atoms with E-state index in [1.54, 1.807) is 0 Å². The lowest BCUT2D eigenvalue weighted by Gasteiger charge is -2.28. The number of anilines is 1. The third-order valence-corrected chi connectivity index (χ3v) is 4.42. The Labute approximate surface area is 140 Å². The second-order valence-electron chi connectivity index (χ2n) is 7.34. The van der Waals surface area contributed by atoms with Crippen LogP contribution in [0.1, 0.15) is 65.3 Å². The molecule has 0 spiro atoms. The maximum Gasteiger partial charge on any atom is 0.206 e. The maximum absolute atomic E-state index is 6.20. The lowest BCUT2D eigenvalue weighted by Crippen LogP contribution is -2.34. The van der Waals surface area contributed by atoms with Crippen molar-refractivity contribution in [2.75, 3.05) is 18.8 Å². The fourth-order valence-corrected chi connectivity index (χ4v) is 3.22. The summed E-state index contributed by atoms with van der Waals surface area (Å²) < 4.78 is 1.97. The summed E-state index contributed by atoms with van der Waals surface area (Å²) >= 11 is 0. The van der Waals surface area contributed by atoms with Gasteiger partial charge in [-0.2, -0.15) is 0 Å². The summed E-state index contributed by atoms with van der Waals surface area (Å²) in [7, 11) is 0. The van der Waals surface area contributed by atoms with Crippen LogP contribution < -0.4 is 5.73 Å². The molecule has 2 heterocycles. The molecule has 5 heteroatoms. The van der Waals surface area contributed by atoms with E-state index in [4.69, 9.17) is 10.7 Å². The average Bonchev–Trinajstić information content (AvgIpc) is 2.81. The predicted molar refractivity (Wildman–Crippen MR) is 98.6 cm³/mol. The molecule has 0 unspecified atom stereocenters. The van der Waals surface area contributed by atoms with Gasteiger partial charge in [-0.1, -0.05) is 20.8 Å². The zero-order valence-corrected chi connectivity index (χ0v) is 15.5. The molecule has 1 aliphatic rings. The van der Waals surface area contributed by atoms with Crippen LogP contribution in [0.2, 0.25) is 0 Å². The number of amidine groups is 1. The van der Waals surface area contributed by atoms with Crippen molar-refractivity contribution in [1.82, 2.24) is 14.5 Å². The maximum atomic E-state index is 6.20. The van der Waals surface area contributed by atoms with Crippen LogP contribution in [0.5, 0.6) is 0 Å². The Kier molecular flexibility index (Phi) is 5.17. The zero-order chi connectivity index (χ0) is 17.2. The van der Waals surface area contributed by atoms with Crippen LogP contribution in [0.4, 0.5) is 5.95 Å². The molecule has 23 heavy (non-hydrogen) atoms. The number of nitrogens with two attached hydrogens (primary N) is 1. The van der Waals surface area contributed by atoms with E-state index in [0.717, 1.165) is 36.1 Å². The van der Waals surface area contributed by atoms with Gasteiger partial charge in [0.05, 0.1) is 5.69 Å². The van der Waals surface area contributed by atoms with Gasteiger partial charge in [0, 0.05) is 24.2 Å². The van der Waals surface area contributed by atoms with E-state index in [2.05, 4.69) is 44.5 Å². The third kappa shape index (κ3) is 3.77. The van der Waals surface area contributed by atoms with E-state index in [1.165, 1.54) is 19.3 Å². The fourth-order valence-electron chi connectivity index (χ4n) is 3.22. The van der Waals surface area contributed by atoms with Gasteiger partial charge in [0.2, 0.25) is 5.95 Å². The quantitative estimate of drug-likeness (QED) is 0.667. The van der Waals surface area contributed by atoms with Crippen molar-refractivity contribution >= 4 is 17.6 Å². The van der Waals surface area contributed by atoms with Crippen molar-refractivity contribution in [3.63, 3.8) is 0 Å². The van der Waals surface area contributed by atoms with E-state index >= 15 is 0 Å². The first-order valence-corrected chi connectivity index (χ1v) is 8.58. The molecule has 5 nitrogen and oxygen atoms in total. The van der Waals surface area contributed by atoms with Gasteiger partial charge in [-0.05, 0) is 46.1 Å². The number of nitrogens with zero attached hydrogens (tertiary/aromatic N) is 4. The molecule has 0 saturated carbocycles. The summed E-state index contributed by atoms with van der Waals surface area (Å²) in [6.45, 7) is 14.8. The standard InChI is InChI=1S/C18H31N5/c1-7-15(20-14(3)22-11-9-8-10-12-22)23-13(2)16(18(4,5)6)21-17(23)19/h7H,8-12H2,1-6H3,(H2,19,21)/b15-7+,20-14+. The van der Waals surface area contributed by atoms with E-state index in [9.17, 15) is 0 Å². The largest absolute Gasteiger partial charge is 0.369 e. The van der Waals surface area contributed by atoms with Gasteiger partial charge in [0.1, 0.15) is 11.7 Å². The monoisotopic (exact) mass is 317 g/mol. The molecular formula is C18H31N5. The van der Waals surface area contributed by atoms with Crippen molar-refractivity contribution in [2.24, 2.45) is 4.99 Å². The van der Waals surface area contributed by atoms with E-state index in [1.807, 2.05) is 17.6 Å². The van der Waals surface area contributed by atoms with E-state index in [-0.39, 0.29) is 5.41 Å². The van der Waals surface area contributed by atoms with Gasteiger partial charge < -0.3 is 10.6 Å². The highest BCUT2D eigenvalue weighted by atomic mass is 15.3. The zero-order valence-electron chi connectivity index (χ0n) is 15.5. The van der Waals surface area contributed by atoms with Gasteiger partial charge in [0.15, 0.2) is 0 Å². The Morgan fingerprint density at radius 3 is 2.30 bits per heavy atom. The summed E-state index contributed by atoms with van der Waals surface area (Å²) in [4.78, 5) is 11.8. The number of aliphatic imine (C=N–C) groups is 1. The molecule has 0 amide bonds. The molecule has 0 bridgehead atoms. The number of hydrogen-bond donors (Lipinski definition) is 1. The number of nitrogen functional groups attached to an aromatic ring is 1. The van der Waals surface area contributed by atoms with Gasteiger partial charge >= 0.3 is 0 Å². The molecule has 1 aromatic heterocycles. The molecule has 1 fully saturated rings. The molecule has 2 rings (SSSR count). The average molecular weight is 317 g/mol. The Balaban J connectivity index is 2.37. The van der Waals surface area contributed by atoms with Crippen LogP contribution >= 0.6 is 0 Å². The van der Waals surface area contributed by atoms with Gasteiger partial charge in [0.25, 0.3) is 0 Å². The van der Waals surface area contributed by atoms with Crippen molar-refractivity contribution in [1.29, 1.82) is 0 Å². The van der Waals surface area contributed by atoms with Crippen molar-refractivity contribution in [3.05, 3.63) is 17.5 Å². The summed E-state index contributed by atoms with van der Waals surface area (Å²) in [6, 6.07) is 0. The predicted octanol–water partition coefficient (Wildman–Crippen LogP) is 3.79. The van der Waals surface area contributed by atoms with Crippen molar-refractivity contribution in [3.8, 4) is 0 Å². The SMILES string of the molecule is C/C=C(\N=C(/C)N1CCCCC1)n1c(N)nc(C(C)(C)C)c1C. The van der Waals surface area contributed by atoms with Crippen LogP contribution in [0, 0.1) is 6.92 Å². The number of hydrogen-bond acceptors (Lipinski definition) is 3. The van der Waals surface area contributed by atoms with Gasteiger partial charge in [-0.3, -0.25) is 4.57 Å². The molecule has 0 aliphatic carbocycles. The van der Waals surface area contributed by atoms with Gasteiger partial charge in [-0.15, -0.1) is 0 Å². The molecule has 0 atom stereocenters. The van der Waals surface area contributed by atoms with Crippen LogP contribution in [-0.4, -0.2) is 33.4 Å². The number of aromatic nitrogens is 2. The number of allylic oxidation sites excluding steroid dienone is 1. The highest BCUT2D eigenvalue weighted by Gasteiger charge is 2.24. The highest BCUT2D eigenvalue weighted by Crippen LogP contribution is 2.29. The second-order valence-corrected chi connectivity index (χ2v) is 7.34. The lowest BCUT2D eigenvalue weighted by molar-refractivity contribution is 0.340. The van der Waals surface area contributed by atoms with Crippen LogP contribution in [0.25, 0.3) is 5.82 Å². The fraction of sp³-hybridized carbons (Fsp3) is 0.667. The normalized spacial score (nSPS) is 17.7. The first kappa shape index (κ1) is 17.6. The van der Waals surface area contributed by atoms with E-state index in [0.29, 0.717) is 5.95 Å². The minimum atomic E-state index is -0.0338. The van der Waals surface area contributed by atoms with E-state index < -0.39 is 0 Å². The summed E-state index contributed by atoms with van der Waals surface area (Å²) in [5.41, 5.74) is 8.26. The number of likely N-dealkylation sites (tertiary alicyclic amines) is 1. The Morgan fingerprint density at radius 2 is 1.83 bits per heavy atom. The number of imidazole rings is 1.